The Morgan fingerprint density at radius 3 is 1.66 bits per heavy atom. The van der Waals surface area contributed by atoms with Crippen molar-refractivity contribution in [3.63, 3.8) is 0 Å². The average molecular weight is 382 g/mol. The van der Waals surface area contributed by atoms with Crippen LogP contribution in [0.2, 0.25) is 0 Å². The molecule has 0 radical (unpaired) electrons. The molecule has 29 heavy (non-hydrogen) atoms. The van der Waals surface area contributed by atoms with Gasteiger partial charge in [-0.05, 0) is 60.1 Å². The predicted molar refractivity (Wildman–Crippen MR) is 121 cm³/mol. The van der Waals surface area contributed by atoms with Crippen LogP contribution < -0.4 is 5.32 Å². The Bertz CT molecular complexity index is 842. The van der Waals surface area contributed by atoms with Crippen molar-refractivity contribution in [1.29, 1.82) is 0 Å². The van der Waals surface area contributed by atoms with Crippen molar-refractivity contribution in [2.75, 3.05) is 0 Å². The number of rotatable bonds is 6. The molecule has 3 aliphatic carbocycles. The van der Waals surface area contributed by atoms with Crippen LogP contribution in [0.15, 0.2) is 91.0 Å². The normalized spacial score (nSPS) is 26.0. The molecule has 3 fully saturated rings. The molecule has 0 aliphatic heterocycles. The molecule has 1 heteroatoms. The van der Waals surface area contributed by atoms with Crippen molar-refractivity contribution < 1.29 is 0 Å². The van der Waals surface area contributed by atoms with Crippen LogP contribution in [-0.4, -0.2) is 6.04 Å². The molecule has 0 aromatic heterocycles. The summed E-state index contributed by atoms with van der Waals surface area (Å²) in [5.74, 6) is 2.76. The minimum absolute atomic E-state index is 0.471. The fourth-order valence-corrected chi connectivity index (χ4v) is 6.07. The summed E-state index contributed by atoms with van der Waals surface area (Å²) in [5.41, 5.74) is 4.34. The van der Waals surface area contributed by atoms with E-state index >= 15 is 0 Å². The van der Waals surface area contributed by atoms with Crippen LogP contribution in [0.5, 0.6) is 0 Å². The lowest BCUT2D eigenvalue weighted by atomic mass is 9.56. The van der Waals surface area contributed by atoms with Crippen LogP contribution in [0.1, 0.15) is 48.3 Å². The van der Waals surface area contributed by atoms with Crippen LogP contribution >= 0.6 is 0 Å². The SMILES string of the molecule is c1ccc(CN[C@H]2C3CCC(CC3)[C@H]2C(c2ccccc2)c2ccccc2)cc1. The van der Waals surface area contributed by atoms with E-state index in [9.17, 15) is 0 Å². The summed E-state index contributed by atoms with van der Waals surface area (Å²) in [6, 6.07) is 34.0. The molecule has 3 aliphatic rings. The summed E-state index contributed by atoms with van der Waals surface area (Å²) in [6.45, 7) is 0.974. The highest BCUT2D eigenvalue weighted by Crippen LogP contribution is 2.52. The number of benzene rings is 3. The van der Waals surface area contributed by atoms with Crippen LogP contribution in [-0.2, 0) is 6.54 Å². The smallest absolute Gasteiger partial charge is 0.0208 e. The molecule has 0 spiro atoms. The highest BCUT2D eigenvalue weighted by molar-refractivity contribution is 5.35. The van der Waals surface area contributed by atoms with Crippen molar-refractivity contribution in [3.05, 3.63) is 108 Å². The fraction of sp³-hybridized carbons (Fsp3) is 0.357. The van der Waals surface area contributed by atoms with Gasteiger partial charge in [0, 0.05) is 18.5 Å². The minimum atomic E-state index is 0.471. The van der Waals surface area contributed by atoms with Gasteiger partial charge in [0.25, 0.3) is 0 Å². The Kier molecular flexibility index (Phi) is 5.49. The van der Waals surface area contributed by atoms with E-state index in [0.29, 0.717) is 17.9 Å². The first-order valence-corrected chi connectivity index (χ1v) is 11.3. The van der Waals surface area contributed by atoms with Gasteiger partial charge in [0.05, 0.1) is 0 Å². The van der Waals surface area contributed by atoms with Gasteiger partial charge >= 0.3 is 0 Å². The van der Waals surface area contributed by atoms with E-state index in [1.54, 1.807) is 0 Å². The van der Waals surface area contributed by atoms with Gasteiger partial charge in [-0.1, -0.05) is 91.0 Å². The molecule has 2 bridgehead atoms. The van der Waals surface area contributed by atoms with Gasteiger partial charge in [-0.25, -0.2) is 0 Å². The average Bonchev–Trinajstić information content (AvgIpc) is 2.81. The maximum atomic E-state index is 4.04. The van der Waals surface area contributed by atoms with Crippen LogP contribution in [0.4, 0.5) is 0 Å². The molecule has 0 heterocycles. The summed E-state index contributed by atoms with van der Waals surface area (Å²) in [6.07, 6.45) is 5.58. The highest BCUT2D eigenvalue weighted by Gasteiger charge is 2.47. The lowest BCUT2D eigenvalue weighted by molar-refractivity contribution is 0.0401. The third-order valence-electron chi connectivity index (χ3n) is 7.37. The molecular formula is C28H31N. The third-order valence-corrected chi connectivity index (χ3v) is 7.37. The zero-order valence-electron chi connectivity index (χ0n) is 17.1. The Morgan fingerprint density at radius 1 is 0.621 bits per heavy atom. The summed E-state index contributed by atoms with van der Waals surface area (Å²) in [7, 11) is 0. The van der Waals surface area contributed by atoms with Crippen molar-refractivity contribution in [3.8, 4) is 0 Å². The molecule has 3 aromatic carbocycles. The van der Waals surface area contributed by atoms with Gasteiger partial charge in [-0.2, -0.15) is 0 Å². The lowest BCUT2D eigenvalue weighted by Crippen LogP contribution is -2.53. The van der Waals surface area contributed by atoms with E-state index in [1.807, 2.05) is 0 Å². The van der Waals surface area contributed by atoms with Crippen molar-refractivity contribution in [2.45, 2.75) is 44.2 Å². The monoisotopic (exact) mass is 381 g/mol. The quantitative estimate of drug-likeness (QED) is 0.520. The number of hydrogen-bond acceptors (Lipinski definition) is 1. The largest absolute Gasteiger partial charge is 0.309 e. The van der Waals surface area contributed by atoms with E-state index in [1.165, 1.54) is 42.4 Å². The molecule has 0 unspecified atom stereocenters. The van der Waals surface area contributed by atoms with E-state index in [-0.39, 0.29) is 0 Å². The molecule has 148 valence electrons. The standard InChI is InChI=1S/C28H31N/c1-4-10-21(11-5-1)20-29-28-25-18-16-24(17-19-25)27(28)26(22-12-6-2-7-13-22)23-14-8-3-9-15-23/h1-15,24-29H,16-20H2/t24?,25?,27-,28-/m0/s1. The first-order valence-electron chi connectivity index (χ1n) is 11.3. The summed E-state index contributed by atoms with van der Waals surface area (Å²) < 4.78 is 0. The van der Waals surface area contributed by atoms with Crippen LogP contribution in [0.3, 0.4) is 0 Å². The summed E-state index contributed by atoms with van der Waals surface area (Å²) in [5, 5.41) is 4.04. The van der Waals surface area contributed by atoms with E-state index in [4.69, 9.17) is 0 Å². The lowest BCUT2D eigenvalue weighted by Gasteiger charge is -2.52. The molecule has 0 amide bonds. The zero-order valence-corrected chi connectivity index (χ0v) is 17.1. The van der Waals surface area contributed by atoms with Gasteiger partial charge in [-0.3, -0.25) is 0 Å². The van der Waals surface area contributed by atoms with Crippen molar-refractivity contribution in [1.82, 2.24) is 5.32 Å². The van der Waals surface area contributed by atoms with Gasteiger partial charge in [0.1, 0.15) is 0 Å². The second-order valence-corrected chi connectivity index (χ2v) is 8.94. The number of hydrogen-bond donors (Lipinski definition) is 1. The second kappa shape index (κ2) is 8.55. The fourth-order valence-electron chi connectivity index (χ4n) is 6.07. The summed E-state index contributed by atoms with van der Waals surface area (Å²) in [4.78, 5) is 0. The Morgan fingerprint density at radius 2 is 1.10 bits per heavy atom. The maximum Gasteiger partial charge on any atom is 0.0208 e. The second-order valence-electron chi connectivity index (χ2n) is 8.94. The zero-order chi connectivity index (χ0) is 19.5. The van der Waals surface area contributed by atoms with Gasteiger partial charge < -0.3 is 5.32 Å². The Balaban J connectivity index is 1.50. The molecular weight excluding hydrogens is 350 g/mol. The topological polar surface area (TPSA) is 12.0 Å². The van der Waals surface area contributed by atoms with E-state index in [2.05, 4.69) is 96.3 Å². The molecule has 3 aromatic rings. The van der Waals surface area contributed by atoms with Gasteiger partial charge in [0.15, 0.2) is 0 Å². The molecule has 2 atom stereocenters. The molecule has 1 nitrogen and oxygen atoms in total. The number of fused-ring (bicyclic) bond motifs is 3. The first-order chi connectivity index (χ1) is 14.4. The molecule has 3 saturated carbocycles. The summed E-state index contributed by atoms with van der Waals surface area (Å²) >= 11 is 0. The highest BCUT2D eigenvalue weighted by atomic mass is 14.9. The maximum absolute atomic E-state index is 4.04. The number of nitrogens with one attached hydrogen (secondary N) is 1. The van der Waals surface area contributed by atoms with E-state index in [0.717, 1.165) is 18.4 Å². The van der Waals surface area contributed by atoms with Gasteiger partial charge in [-0.15, -0.1) is 0 Å². The Labute approximate surface area is 175 Å². The third kappa shape index (κ3) is 3.89. The van der Waals surface area contributed by atoms with Crippen LogP contribution in [0, 0.1) is 17.8 Å². The Hall–Kier alpha value is -2.38. The van der Waals surface area contributed by atoms with Crippen molar-refractivity contribution >= 4 is 0 Å². The molecule has 1 N–H and O–H groups in total. The predicted octanol–water partition coefficient (Wildman–Crippen LogP) is 6.41. The minimum Gasteiger partial charge on any atom is -0.309 e. The van der Waals surface area contributed by atoms with Gasteiger partial charge in [0.2, 0.25) is 0 Å². The molecule has 0 saturated heterocycles. The van der Waals surface area contributed by atoms with Crippen LogP contribution in [0.25, 0.3) is 0 Å². The van der Waals surface area contributed by atoms with E-state index < -0.39 is 0 Å². The molecule has 6 rings (SSSR count). The first kappa shape index (κ1) is 18.6. The van der Waals surface area contributed by atoms with Crippen molar-refractivity contribution in [2.24, 2.45) is 17.8 Å².